The van der Waals surface area contributed by atoms with Crippen LogP contribution in [0.2, 0.25) is 0 Å². The van der Waals surface area contributed by atoms with Gasteiger partial charge in [-0.1, -0.05) is 54.6 Å². The lowest BCUT2D eigenvalue weighted by Crippen LogP contribution is -2.55. The fourth-order valence-electron chi connectivity index (χ4n) is 7.70. The third-order valence-corrected chi connectivity index (χ3v) is 11.7. The number of thioether (sulfide) groups is 1. The normalized spacial score (nSPS) is 26.9. The zero-order chi connectivity index (χ0) is 31.6. The van der Waals surface area contributed by atoms with Gasteiger partial charge >= 0.3 is 0 Å². The molecular formula is C36H45N3O4S. The molecule has 2 aromatic rings. The third-order valence-electron chi connectivity index (χ3n) is 9.69. The largest absolute Gasteiger partial charge is 0.396 e. The summed E-state index contributed by atoms with van der Waals surface area (Å²) in [5.74, 6) is -1.45. The maximum Gasteiger partial charge on any atom is 0.251 e. The van der Waals surface area contributed by atoms with Crippen molar-refractivity contribution >= 4 is 35.2 Å². The van der Waals surface area contributed by atoms with E-state index in [1.54, 1.807) is 33.7 Å². The summed E-state index contributed by atoms with van der Waals surface area (Å²) in [6, 6.07) is 15.2. The van der Waals surface area contributed by atoms with Crippen molar-refractivity contribution in [3.05, 3.63) is 90.5 Å². The van der Waals surface area contributed by atoms with Crippen LogP contribution in [-0.4, -0.2) is 74.4 Å². The molecule has 0 aromatic heterocycles. The lowest BCUT2D eigenvalue weighted by atomic mass is 9.66. The maximum absolute atomic E-state index is 14.9. The summed E-state index contributed by atoms with van der Waals surface area (Å²) < 4.78 is -1.18. The molecule has 5 rings (SSSR count). The number of rotatable bonds is 13. The van der Waals surface area contributed by atoms with Gasteiger partial charge in [-0.2, -0.15) is 0 Å². The Labute approximate surface area is 266 Å². The minimum absolute atomic E-state index is 0.0181. The molecule has 8 heteroatoms. The first kappa shape index (κ1) is 32.0. The number of amides is 3. The van der Waals surface area contributed by atoms with Gasteiger partial charge < -0.3 is 19.8 Å². The third kappa shape index (κ3) is 5.51. The zero-order valence-electron chi connectivity index (χ0n) is 26.2. The number of aliphatic hydroxyl groups is 1. The van der Waals surface area contributed by atoms with E-state index in [1.807, 2.05) is 67.3 Å². The van der Waals surface area contributed by atoms with E-state index in [9.17, 15) is 19.5 Å². The van der Waals surface area contributed by atoms with Gasteiger partial charge in [-0.05, 0) is 69.2 Å². The molecule has 3 amide bonds. The van der Waals surface area contributed by atoms with E-state index >= 15 is 0 Å². The Balaban J connectivity index is 1.56. The van der Waals surface area contributed by atoms with E-state index in [2.05, 4.69) is 20.1 Å². The van der Waals surface area contributed by atoms with Crippen molar-refractivity contribution in [2.45, 2.75) is 68.5 Å². The first-order chi connectivity index (χ1) is 21.1. The van der Waals surface area contributed by atoms with Crippen LogP contribution in [0.3, 0.4) is 0 Å². The van der Waals surface area contributed by atoms with Gasteiger partial charge in [0.25, 0.3) is 5.91 Å². The number of aryl methyl sites for hydroxylation is 2. The van der Waals surface area contributed by atoms with Gasteiger partial charge in [0.1, 0.15) is 6.04 Å². The Kier molecular flexibility index (Phi) is 9.42. The molecule has 2 bridgehead atoms. The number of hydrogen-bond acceptors (Lipinski definition) is 5. The number of unbranched alkanes of at least 4 members (excludes halogenated alkanes) is 1. The second-order valence-electron chi connectivity index (χ2n) is 12.7. The highest BCUT2D eigenvalue weighted by Crippen LogP contribution is 2.71. The smallest absolute Gasteiger partial charge is 0.251 e. The van der Waals surface area contributed by atoms with Crippen LogP contribution in [0.25, 0.3) is 0 Å². The molecule has 1 N–H and O–H groups in total. The second-order valence-corrected chi connectivity index (χ2v) is 14.6. The van der Waals surface area contributed by atoms with Gasteiger partial charge in [-0.3, -0.25) is 14.4 Å². The summed E-state index contributed by atoms with van der Waals surface area (Å²) in [5, 5.41) is 9.54. The van der Waals surface area contributed by atoms with Gasteiger partial charge in [-0.25, -0.2) is 0 Å². The molecular weight excluding hydrogens is 570 g/mol. The highest BCUT2D eigenvalue weighted by molar-refractivity contribution is 8.02. The van der Waals surface area contributed by atoms with Crippen LogP contribution in [0, 0.1) is 25.7 Å². The Morgan fingerprint density at radius 3 is 2.45 bits per heavy atom. The lowest BCUT2D eigenvalue weighted by molar-refractivity contribution is -0.145. The lowest BCUT2D eigenvalue weighted by Gasteiger charge is -2.38. The predicted molar refractivity (Wildman–Crippen MR) is 177 cm³/mol. The molecule has 0 radical (unpaired) electrons. The second kappa shape index (κ2) is 12.9. The van der Waals surface area contributed by atoms with Crippen molar-refractivity contribution in [2.75, 3.05) is 31.1 Å². The molecule has 3 saturated heterocycles. The Bertz CT molecular complexity index is 1430. The quantitative estimate of drug-likeness (QED) is 0.245. The molecule has 3 aliphatic heterocycles. The molecule has 1 spiro atoms. The fraction of sp³-hybridized carbons (Fsp3) is 0.472. The van der Waals surface area contributed by atoms with Gasteiger partial charge in [0.15, 0.2) is 0 Å². The number of aliphatic hydroxyl groups excluding tert-OH is 1. The Morgan fingerprint density at radius 1 is 1.05 bits per heavy atom. The summed E-state index contributed by atoms with van der Waals surface area (Å²) in [7, 11) is 0. The van der Waals surface area contributed by atoms with Crippen LogP contribution in [-0.2, 0) is 20.9 Å². The Morgan fingerprint density at radius 2 is 1.77 bits per heavy atom. The molecule has 5 atom stereocenters. The molecule has 3 heterocycles. The zero-order valence-corrected chi connectivity index (χ0v) is 27.0. The summed E-state index contributed by atoms with van der Waals surface area (Å²) in [4.78, 5) is 49.4. The van der Waals surface area contributed by atoms with Gasteiger partial charge in [-0.15, -0.1) is 24.9 Å². The molecule has 2 aromatic carbocycles. The molecule has 0 saturated carbocycles. The van der Waals surface area contributed by atoms with E-state index in [-0.39, 0.29) is 24.3 Å². The SMILES string of the molecule is C=CCN(Cc1ccccc1)C(=O)[C@@H]1[C@H]2C(=O)N(CCCCO)C(C(=O)N(CC=C)c3cc(C)ccc3C)C23CC[C@@]1(C)S3. The molecule has 234 valence electrons. The first-order valence-corrected chi connectivity index (χ1v) is 16.5. The highest BCUT2D eigenvalue weighted by Gasteiger charge is 2.77. The van der Waals surface area contributed by atoms with Crippen molar-refractivity contribution in [3.63, 3.8) is 0 Å². The number of fused-ring (bicyclic) bond motifs is 1. The number of carbonyl (C=O) groups is 3. The van der Waals surface area contributed by atoms with Crippen LogP contribution in [0.4, 0.5) is 5.69 Å². The number of carbonyl (C=O) groups excluding carboxylic acids is 3. The number of nitrogens with zero attached hydrogens (tertiary/aromatic N) is 3. The number of hydrogen-bond donors (Lipinski definition) is 1. The van der Waals surface area contributed by atoms with Crippen molar-refractivity contribution in [3.8, 4) is 0 Å². The molecule has 2 unspecified atom stereocenters. The Hall–Kier alpha value is -3.36. The summed E-state index contributed by atoms with van der Waals surface area (Å²) in [6.07, 6.45) is 6.02. The molecule has 3 aliphatic rings. The topological polar surface area (TPSA) is 81.2 Å². The van der Waals surface area contributed by atoms with E-state index in [4.69, 9.17) is 0 Å². The van der Waals surface area contributed by atoms with E-state index in [0.717, 1.165) is 28.8 Å². The minimum Gasteiger partial charge on any atom is -0.396 e. The molecule has 7 nitrogen and oxygen atoms in total. The molecule has 3 fully saturated rings. The van der Waals surface area contributed by atoms with Crippen LogP contribution in [0.5, 0.6) is 0 Å². The van der Waals surface area contributed by atoms with Crippen molar-refractivity contribution < 1.29 is 19.5 Å². The van der Waals surface area contributed by atoms with Gasteiger partial charge in [0.05, 0.1) is 16.6 Å². The van der Waals surface area contributed by atoms with Crippen molar-refractivity contribution in [1.82, 2.24) is 9.80 Å². The van der Waals surface area contributed by atoms with Crippen molar-refractivity contribution in [1.29, 1.82) is 0 Å². The molecule has 44 heavy (non-hydrogen) atoms. The first-order valence-electron chi connectivity index (χ1n) is 15.7. The number of likely N-dealkylation sites (tertiary alicyclic amines) is 1. The maximum atomic E-state index is 14.9. The standard InChI is InChI=1S/C36H45N3O4S/c1-6-19-37(24-27-13-9-8-10-14-27)32(41)29-30-33(42)39(21-11-12-22-40)31(36(30)18-17-35(29,5)44-36)34(43)38(20-7-2)28-23-25(3)15-16-26(28)4/h6-10,13-16,23,29-31,40H,1-2,11-12,17-22,24H2,3-5H3/t29-,30-,31?,35+,36?/m0/s1. The average Bonchev–Trinajstić information content (AvgIpc) is 3.57. The van der Waals surface area contributed by atoms with Gasteiger partial charge in [0.2, 0.25) is 11.8 Å². The minimum atomic E-state index is -0.717. The van der Waals surface area contributed by atoms with Crippen LogP contribution in [0.15, 0.2) is 73.8 Å². The molecule has 0 aliphatic carbocycles. The highest BCUT2D eigenvalue weighted by atomic mass is 32.2. The number of anilines is 1. The van der Waals surface area contributed by atoms with E-state index < -0.39 is 27.4 Å². The number of benzene rings is 2. The monoisotopic (exact) mass is 615 g/mol. The van der Waals surface area contributed by atoms with E-state index in [1.165, 1.54) is 0 Å². The fourth-order valence-corrected chi connectivity index (χ4v) is 10.0. The summed E-state index contributed by atoms with van der Waals surface area (Å²) >= 11 is 1.69. The van der Waals surface area contributed by atoms with Gasteiger partial charge in [0, 0.05) is 43.2 Å². The predicted octanol–water partition coefficient (Wildman–Crippen LogP) is 5.29. The van der Waals surface area contributed by atoms with E-state index in [0.29, 0.717) is 45.4 Å². The van der Waals surface area contributed by atoms with Crippen molar-refractivity contribution in [2.24, 2.45) is 11.8 Å². The summed E-state index contributed by atoms with van der Waals surface area (Å²) in [5.41, 5.74) is 3.85. The van der Waals surface area contributed by atoms with Crippen LogP contribution in [0.1, 0.15) is 49.3 Å². The average molecular weight is 616 g/mol. The van der Waals surface area contributed by atoms with Crippen LogP contribution < -0.4 is 4.90 Å². The van der Waals surface area contributed by atoms with Crippen LogP contribution >= 0.6 is 11.8 Å². The summed E-state index contributed by atoms with van der Waals surface area (Å²) in [6.45, 7) is 15.5.